The maximum atomic E-state index is 12.7. The summed E-state index contributed by atoms with van der Waals surface area (Å²) in [6.07, 6.45) is 1.37. The molecule has 0 atom stereocenters. The van der Waals surface area contributed by atoms with Gasteiger partial charge in [-0.05, 0) is 31.5 Å². The lowest BCUT2D eigenvalue weighted by molar-refractivity contribution is -0.133. The van der Waals surface area contributed by atoms with Crippen molar-refractivity contribution in [2.24, 2.45) is 0 Å². The van der Waals surface area contributed by atoms with E-state index in [0.717, 1.165) is 10.4 Å². The minimum Gasteiger partial charge on any atom is -0.335 e. The molecule has 2 amide bonds. The molecule has 0 unspecified atom stereocenters. The highest BCUT2D eigenvalue weighted by Crippen LogP contribution is 2.25. The largest absolute Gasteiger partial charge is 0.335 e. The van der Waals surface area contributed by atoms with Crippen LogP contribution in [0, 0.1) is 13.8 Å². The van der Waals surface area contributed by atoms with Crippen LogP contribution in [-0.4, -0.2) is 39.9 Å². The van der Waals surface area contributed by atoms with Crippen molar-refractivity contribution in [1.29, 1.82) is 0 Å². The van der Waals surface area contributed by atoms with E-state index in [4.69, 9.17) is 11.6 Å². The van der Waals surface area contributed by atoms with Crippen molar-refractivity contribution in [2.75, 3.05) is 18.9 Å². The van der Waals surface area contributed by atoms with Gasteiger partial charge >= 0.3 is 0 Å². The molecule has 1 N–H and O–H groups in total. The van der Waals surface area contributed by atoms with Gasteiger partial charge in [0, 0.05) is 11.9 Å². The zero-order valence-corrected chi connectivity index (χ0v) is 17.2. The summed E-state index contributed by atoms with van der Waals surface area (Å²) in [6, 6.07) is 6.84. The van der Waals surface area contributed by atoms with Gasteiger partial charge in [0.25, 0.3) is 5.56 Å². The number of carbonyl (C=O) groups is 2. The van der Waals surface area contributed by atoms with Gasteiger partial charge in [0.1, 0.15) is 11.4 Å². The van der Waals surface area contributed by atoms with E-state index in [1.807, 2.05) is 13.8 Å². The second kappa shape index (κ2) is 8.12. The van der Waals surface area contributed by atoms with Crippen molar-refractivity contribution in [3.63, 3.8) is 0 Å². The number of aromatic nitrogens is 2. The molecule has 7 nitrogen and oxygen atoms in total. The third-order valence-corrected chi connectivity index (χ3v) is 5.86. The van der Waals surface area contributed by atoms with Crippen LogP contribution in [0.15, 0.2) is 35.4 Å². The molecule has 0 aliphatic carbocycles. The Hall–Kier alpha value is -2.71. The van der Waals surface area contributed by atoms with Crippen LogP contribution in [0.4, 0.5) is 5.69 Å². The van der Waals surface area contributed by atoms with Crippen molar-refractivity contribution in [1.82, 2.24) is 14.5 Å². The molecule has 0 bridgehead atoms. The predicted molar refractivity (Wildman–Crippen MR) is 111 cm³/mol. The number of aryl methyl sites for hydroxylation is 2. The van der Waals surface area contributed by atoms with Crippen LogP contribution < -0.4 is 10.9 Å². The smallest absolute Gasteiger partial charge is 0.262 e. The maximum absolute atomic E-state index is 12.7. The molecule has 2 heterocycles. The van der Waals surface area contributed by atoms with E-state index >= 15 is 0 Å². The molecule has 0 saturated carbocycles. The van der Waals surface area contributed by atoms with Crippen molar-refractivity contribution in [3.05, 3.63) is 56.4 Å². The highest BCUT2D eigenvalue weighted by atomic mass is 35.5. The number of fused-ring (bicyclic) bond motifs is 1. The average Bonchev–Trinajstić information content (AvgIpc) is 2.94. The minimum absolute atomic E-state index is 0.162. The second-order valence-electron chi connectivity index (χ2n) is 6.42. The van der Waals surface area contributed by atoms with E-state index in [1.165, 1.54) is 34.2 Å². The number of rotatable bonds is 5. The summed E-state index contributed by atoms with van der Waals surface area (Å²) in [4.78, 5) is 44.6. The summed E-state index contributed by atoms with van der Waals surface area (Å²) in [7, 11) is 1.51. The molecule has 9 heteroatoms. The first kappa shape index (κ1) is 20.0. The molecule has 0 saturated heterocycles. The van der Waals surface area contributed by atoms with Crippen molar-refractivity contribution < 1.29 is 9.59 Å². The number of nitrogens with one attached hydrogen (secondary N) is 1. The van der Waals surface area contributed by atoms with Gasteiger partial charge in [0.05, 0.1) is 29.0 Å². The molecule has 146 valence electrons. The molecule has 1 aromatic carbocycles. The highest BCUT2D eigenvalue weighted by molar-refractivity contribution is 7.18. The van der Waals surface area contributed by atoms with Gasteiger partial charge in [0.15, 0.2) is 0 Å². The summed E-state index contributed by atoms with van der Waals surface area (Å²) in [5, 5.41) is 3.61. The SMILES string of the molecule is Cc1sc2ncn(CC(=O)N(C)CC(=O)Nc3ccccc3Cl)c(=O)c2c1C. The highest BCUT2D eigenvalue weighted by Gasteiger charge is 2.17. The molecular formula is C19H19ClN4O3S. The van der Waals surface area contributed by atoms with E-state index in [1.54, 1.807) is 24.3 Å². The van der Waals surface area contributed by atoms with Gasteiger partial charge < -0.3 is 10.2 Å². The van der Waals surface area contributed by atoms with Crippen molar-refractivity contribution in [2.45, 2.75) is 20.4 Å². The molecule has 2 aromatic heterocycles. The normalized spacial score (nSPS) is 10.9. The fourth-order valence-corrected chi connectivity index (χ4v) is 3.88. The number of anilines is 1. The number of hydrogen-bond acceptors (Lipinski definition) is 5. The van der Waals surface area contributed by atoms with E-state index in [2.05, 4.69) is 10.3 Å². The Kier molecular flexibility index (Phi) is 5.81. The lowest BCUT2D eigenvalue weighted by Crippen LogP contribution is -2.38. The van der Waals surface area contributed by atoms with E-state index in [0.29, 0.717) is 20.9 Å². The fourth-order valence-electron chi connectivity index (χ4n) is 2.70. The summed E-state index contributed by atoms with van der Waals surface area (Å²) < 4.78 is 1.27. The number of nitrogens with zero attached hydrogens (tertiary/aromatic N) is 3. The van der Waals surface area contributed by atoms with Crippen molar-refractivity contribution in [3.8, 4) is 0 Å². The molecule has 0 aliphatic heterocycles. The van der Waals surface area contributed by atoms with E-state index in [-0.39, 0.29) is 30.5 Å². The van der Waals surface area contributed by atoms with Crippen LogP contribution in [0.5, 0.6) is 0 Å². The van der Waals surface area contributed by atoms with Crippen LogP contribution in [-0.2, 0) is 16.1 Å². The number of benzene rings is 1. The molecule has 0 aliphatic rings. The number of thiophene rings is 1. The molecule has 3 aromatic rings. The lowest BCUT2D eigenvalue weighted by atomic mass is 10.2. The zero-order valence-electron chi connectivity index (χ0n) is 15.7. The van der Waals surface area contributed by atoms with Crippen LogP contribution in [0.1, 0.15) is 10.4 Å². The van der Waals surface area contributed by atoms with Gasteiger partial charge in [-0.1, -0.05) is 23.7 Å². The number of likely N-dealkylation sites (N-methyl/N-ethyl adjacent to an activating group) is 1. The Labute approximate surface area is 170 Å². The molecule has 28 heavy (non-hydrogen) atoms. The monoisotopic (exact) mass is 418 g/mol. The Morgan fingerprint density at radius 2 is 2.00 bits per heavy atom. The summed E-state index contributed by atoms with van der Waals surface area (Å²) >= 11 is 7.47. The Morgan fingerprint density at radius 1 is 1.29 bits per heavy atom. The number of carbonyl (C=O) groups excluding carboxylic acids is 2. The zero-order chi connectivity index (χ0) is 20.4. The van der Waals surface area contributed by atoms with E-state index in [9.17, 15) is 14.4 Å². The van der Waals surface area contributed by atoms with Crippen LogP contribution in [0.25, 0.3) is 10.2 Å². The molecular weight excluding hydrogens is 400 g/mol. The van der Waals surface area contributed by atoms with Gasteiger partial charge in [-0.15, -0.1) is 11.3 Å². The Balaban J connectivity index is 1.69. The van der Waals surface area contributed by atoms with Crippen LogP contribution in [0.3, 0.4) is 0 Å². The predicted octanol–water partition coefficient (Wildman–Crippen LogP) is 2.83. The first-order valence-electron chi connectivity index (χ1n) is 8.51. The molecule has 0 fully saturated rings. The molecule has 0 spiro atoms. The summed E-state index contributed by atoms with van der Waals surface area (Å²) in [5.41, 5.74) is 1.10. The minimum atomic E-state index is -0.380. The number of hydrogen-bond donors (Lipinski definition) is 1. The lowest BCUT2D eigenvalue weighted by Gasteiger charge is -2.17. The fraction of sp³-hybridized carbons (Fsp3) is 0.263. The van der Waals surface area contributed by atoms with Gasteiger partial charge in [-0.2, -0.15) is 0 Å². The quantitative estimate of drug-likeness (QED) is 0.690. The second-order valence-corrected chi connectivity index (χ2v) is 8.03. The van der Waals surface area contributed by atoms with Crippen LogP contribution >= 0.6 is 22.9 Å². The van der Waals surface area contributed by atoms with Gasteiger partial charge in [-0.3, -0.25) is 19.0 Å². The number of amides is 2. The number of halogens is 1. The average molecular weight is 419 g/mol. The first-order chi connectivity index (χ1) is 13.3. The third-order valence-electron chi connectivity index (χ3n) is 4.42. The van der Waals surface area contributed by atoms with Crippen molar-refractivity contribution >= 4 is 50.7 Å². The van der Waals surface area contributed by atoms with Gasteiger partial charge in [0.2, 0.25) is 11.8 Å². The Bertz CT molecular complexity index is 1120. The Morgan fingerprint density at radius 3 is 2.71 bits per heavy atom. The first-order valence-corrected chi connectivity index (χ1v) is 9.71. The molecule has 3 rings (SSSR count). The maximum Gasteiger partial charge on any atom is 0.262 e. The molecule has 0 radical (unpaired) electrons. The number of para-hydroxylation sites is 1. The van der Waals surface area contributed by atoms with E-state index < -0.39 is 0 Å². The van der Waals surface area contributed by atoms with Gasteiger partial charge in [-0.25, -0.2) is 4.98 Å². The van der Waals surface area contributed by atoms with Crippen LogP contribution in [0.2, 0.25) is 5.02 Å². The summed E-state index contributed by atoms with van der Waals surface area (Å²) in [6.45, 7) is 3.45. The third kappa shape index (κ3) is 4.07. The standard InChI is InChI=1S/C19H19ClN4O3S/c1-11-12(2)28-18-17(11)19(27)24(10-21-18)9-16(26)23(3)8-15(25)22-14-7-5-4-6-13(14)20/h4-7,10H,8-9H2,1-3H3,(H,22,25). The summed E-state index contributed by atoms with van der Waals surface area (Å²) in [5.74, 6) is -0.753. The topological polar surface area (TPSA) is 84.3 Å².